The average Bonchev–Trinajstić information content (AvgIpc) is 2.72. The van der Waals surface area contributed by atoms with E-state index in [0.717, 1.165) is 22.7 Å². The van der Waals surface area contributed by atoms with Gasteiger partial charge in [0.15, 0.2) is 5.78 Å². The zero-order valence-corrected chi connectivity index (χ0v) is 10.6. The van der Waals surface area contributed by atoms with Gasteiger partial charge >= 0.3 is 4.87 Å². The molecule has 94 valence electrons. The monoisotopic (exact) mass is 263 g/mol. The summed E-state index contributed by atoms with van der Waals surface area (Å²) in [5, 5.41) is 4.89. The molecule has 0 spiro atoms. The van der Waals surface area contributed by atoms with Gasteiger partial charge in [-0.3, -0.25) is 9.59 Å². The number of nitrogens with two attached hydrogens (primary N) is 1. The number of aromatic nitrogens is 1. The van der Waals surface area contributed by atoms with Crippen LogP contribution in [0.15, 0.2) is 28.4 Å². The maximum absolute atomic E-state index is 11.2. The molecular formula is C12H13N3O2S. The minimum atomic E-state index is -0.0711. The van der Waals surface area contributed by atoms with Crippen molar-refractivity contribution in [2.24, 2.45) is 0 Å². The third kappa shape index (κ3) is 2.78. The first-order valence-corrected chi connectivity index (χ1v) is 6.25. The molecule has 0 atom stereocenters. The minimum absolute atomic E-state index is 0.0544. The van der Waals surface area contributed by atoms with Gasteiger partial charge in [0.1, 0.15) is 0 Å². The van der Waals surface area contributed by atoms with Crippen LogP contribution in [0.4, 0.5) is 11.4 Å². The van der Waals surface area contributed by atoms with Gasteiger partial charge in [-0.2, -0.15) is 0 Å². The lowest BCUT2D eigenvalue weighted by Gasteiger charge is -2.08. The van der Waals surface area contributed by atoms with Crippen LogP contribution in [0.2, 0.25) is 0 Å². The molecule has 0 radical (unpaired) electrons. The lowest BCUT2D eigenvalue weighted by Crippen LogP contribution is -2.05. The summed E-state index contributed by atoms with van der Waals surface area (Å²) in [4.78, 5) is 24.8. The van der Waals surface area contributed by atoms with Crippen molar-refractivity contribution < 1.29 is 4.79 Å². The smallest absolute Gasteiger partial charge is 0.304 e. The lowest BCUT2D eigenvalue weighted by molar-refractivity contribution is 0.101. The van der Waals surface area contributed by atoms with E-state index in [1.54, 1.807) is 23.6 Å². The van der Waals surface area contributed by atoms with Gasteiger partial charge in [-0.05, 0) is 25.1 Å². The Morgan fingerprint density at radius 3 is 2.83 bits per heavy atom. The number of carbonyl (C=O) groups is 1. The summed E-state index contributed by atoms with van der Waals surface area (Å²) in [7, 11) is 0. The maximum Gasteiger partial charge on any atom is 0.304 e. The first-order chi connectivity index (χ1) is 8.56. The number of hydrogen-bond donors (Lipinski definition) is 3. The number of nitrogen functional groups attached to an aromatic ring is 1. The fourth-order valence-electron chi connectivity index (χ4n) is 1.59. The molecule has 2 rings (SSSR count). The predicted octanol–water partition coefficient (Wildman–Crippen LogP) is 1.83. The lowest BCUT2D eigenvalue weighted by atomic mass is 10.1. The van der Waals surface area contributed by atoms with Crippen LogP contribution in [0.3, 0.4) is 0 Å². The first-order valence-electron chi connectivity index (χ1n) is 5.37. The number of hydrogen-bond acceptors (Lipinski definition) is 5. The number of rotatable bonds is 4. The topological polar surface area (TPSA) is 88.0 Å². The second-order valence-electron chi connectivity index (χ2n) is 3.89. The number of H-pyrrole nitrogens is 1. The SMILES string of the molecule is CC(=O)c1ccc(NCc2csc(=O)[nH]2)cc1N. The van der Waals surface area contributed by atoms with Gasteiger partial charge < -0.3 is 16.0 Å². The molecule has 1 aromatic carbocycles. The van der Waals surface area contributed by atoms with E-state index in [9.17, 15) is 9.59 Å². The van der Waals surface area contributed by atoms with Gasteiger partial charge in [-0.25, -0.2) is 0 Å². The number of benzene rings is 1. The van der Waals surface area contributed by atoms with Crippen molar-refractivity contribution in [3.8, 4) is 0 Å². The van der Waals surface area contributed by atoms with Crippen LogP contribution < -0.4 is 15.9 Å². The van der Waals surface area contributed by atoms with Crippen molar-refractivity contribution in [3.63, 3.8) is 0 Å². The quantitative estimate of drug-likeness (QED) is 0.580. The summed E-state index contributed by atoms with van der Waals surface area (Å²) >= 11 is 1.13. The molecule has 18 heavy (non-hydrogen) atoms. The van der Waals surface area contributed by atoms with E-state index < -0.39 is 0 Å². The number of carbonyl (C=O) groups excluding carboxylic acids is 1. The third-order valence-electron chi connectivity index (χ3n) is 2.48. The zero-order chi connectivity index (χ0) is 13.1. The molecule has 0 aliphatic heterocycles. The van der Waals surface area contributed by atoms with Crippen LogP contribution in [0.25, 0.3) is 0 Å². The van der Waals surface area contributed by atoms with Crippen molar-refractivity contribution in [1.82, 2.24) is 4.98 Å². The van der Waals surface area contributed by atoms with E-state index in [4.69, 9.17) is 5.73 Å². The van der Waals surface area contributed by atoms with Crippen LogP contribution >= 0.6 is 11.3 Å². The van der Waals surface area contributed by atoms with Crippen molar-refractivity contribution >= 4 is 28.5 Å². The Kier molecular flexibility index (Phi) is 3.47. The zero-order valence-electron chi connectivity index (χ0n) is 9.82. The van der Waals surface area contributed by atoms with E-state index >= 15 is 0 Å². The second-order valence-corrected chi connectivity index (χ2v) is 4.73. The molecule has 1 aromatic heterocycles. The number of nitrogens with one attached hydrogen (secondary N) is 2. The number of anilines is 2. The van der Waals surface area contributed by atoms with Gasteiger partial charge in [0, 0.05) is 28.0 Å². The highest BCUT2D eigenvalue weighted by molar-refractivity contribution is 7.07. The summed E-state index contributed by atoms with van der Waals surface area (Å²) in [6.45, 7) is 1.99. The van der Waals surface area contributed by atoms with Crippen molar-refractivity contribution in [1.29, 1.82) is 0 Å². The number of aromatic amines is 1. The van der Waals surface area contributed by atoms with Crippen molar-refractivity contribution in [3.05, 3.63) is 44.5 Å². The molecule has 0 bridgehead atoms. The molecule has 2 aromatic rings. The van der Waals surface area contributed by atoms with E-state index in [-0.39, 0.29) is 10.7 Å². The van der Waals surface area contributed by atoms with E-state index in [2.05, 4.69) is 10.3 Å². The molecule has 0 unspecified atom stereocenters. The minimum Gasteiger partial charge on any atom is -0.398 e. The molecule has 0 saturated carbocycles. The fraction of sp³-hybridized carbons (Fsp3) is 0.167. The molecule has 1 heterocycles. The fourth-order valence-corrected chi connectivity index (χ4v) is 2.17. The Balaban J connectivity index is 2.08. The molecule has 0 fully saturated rings. The maximum atomic E-state index is 11.2. The van der Waals surface area contributed by atoms with E-state index in [0.29, 0.717) is 17.8 Å². The van der Waals surface area contributed by atoms with Crippen LogP contribution in [0, 0.1) is 0 Å². The predicted molar refractivity (Wildman–Crippen MR) is 73.1 cm³/mol. The Morgan fingerprint density at radius 1 is 1.50 bits per heavy atom. The highest BCUT2D eigenvalue weighted by Gasteiger charge is 2.05. The largest absolute Gasteiger partial charge is 0.398 e. The Bertz CT molecular complexity index is 630. The molecule has 6 heteroatoms. The van der Waals surface area contributed by atoms with Crippen molar-refractivity contribution in [2.75, 3.05) is 11.1 Å². The molecule has 4 N–H and O–H groups in total. The summed E-state index contributed by atoms with van der Waals surface area (Å²) < 4.78 is 0. The van der Waals surface area contributed by atoms with Crippen LogP contribution in [-0.2, 0) is 6.54 Å². The van der Waals surface area contributed by atoms with Crippen LogP contribution in [0.5, 0.6) is 0 Å². The van der Waals surface area contributed by atoms with Gasteiger partial charge in [0.25, 0.3) is 0 Å². The van der Waals surface area contributed by atoms with Crippen LogP contribution in [-0.4, -0.2) is 10.8 Å². The van der Waals surface area contributed by atoms with Crippen molar-refractivity contribution in [2.45, 2.75) is 13.5 Å². The average molecular weight is 263 g/mol. The highest BCUT2D eigenvalue weighted by atomic mass is 32.1. The third-order valence-corrected chi connectivity index (χ3v) is 3.20. The Morgan fingerprint density at radius 2 is 2.28 bits per heavy atom. The molecule has 0 amide bonds. The standard InChI is InChI=1S/C12H13N3O2S/c1-7(16)10-3-2-8(4-11(10)13)14-5-9-6-18-12(17)15-9/h2-4,6,14H,5,13H2,1H3,(H,15,17). The number of ketones is 1. The number of thiazole rings is 1. The van der Waals surface area contributed by atoms with Gasteiger partial charge in [-0.15, -0.1) is 0 Å². The van der Waals surface area contributed by atoms with E-state index in [1.165, 1.54) is 6.92 Å². The normalized spacial score (nSPS) is 10.3. The van der Waals surface area contributed by atoms with E-state index in [1.807, 2.05) is 0 Å². The number of Topliss-reactive ketones (excluding diaryl/α,β-unsaturated/α-hetero) is 1. The van der Waals surface area contributed by atoms with Gasteiger partial charge in [-0.1, -0.05) is 11.3 Å². The molecule has 0 aliphatic rings. The first kappa shape index (κ1) is 12.4. The summed E-state index contributed by atoms with van der Waals surface area (Å²) in [6.07, 6.45) is 0. The van der Waals surface area contributed by atoms with Gasteiger partial charge in [0.05, 0.1) is 6.54 Å². The molecular weight excluding hydrogens is 250 g/mol. The molecule has 5 nitrogen and oxygen atoms in total. The summed E-state index contributed by atoms with van der Waals surface area (Å²) in [6, 6.07) is 5.19. The second kappa shape index (κ2) is 5.05. The molecule has 0 saturated heterocycles. The van der Waals surface area contributed by atoms with Crippen LogP contribution in [0.1, 0.15) is 23.0 Å². The summed E-state index contributed by atoms with van der Waals surface area (Å²) in [5.74, 6) is -0.0544. The highest BCUT2D eigenvalue weighted by Crippen LogP contribution is 2.18. The Hall–Kier alpha value is -2.08. The summed E-state index contributed by atoms with van der Waals surface area (Å²) in [5.41, 5.74) is 8.38. The molecule has 0 aliphatic carbocycles. The van der Waals surface area contributed by atoms with Gasteiger partial charge in [0.2, 0.25) is 0 Å². The Labute approximate surface area is 108 Å².